The number of carbonyl (C=O) groups is 2. The number of aryl methyl sites for hydroxylation is 1. The molecule has 0 spiro atoms. The van der Waals surface area contributed by atoms with Gasteiger partial charge in [0.15, 0.2) is 11.6 Å². The Bertz CT molecular complexity index is 866. The van der Waals surface area contributed by atoms with Crippen molar-refractivity contribution in [3.05, 3.63) is 106 Å². The highest BCUT2D eigenvalue weighted by atomic mass is 35.5. The first kappa shape index (κ1) is 17.1. The van der Waals surface area contributed by atoms with Gasteiger partial charge in [0, 0.05) is 28.1 Å². The van der Waals surface area contributed by atoms with Crippen LogP contribution in [0.1, 0.15) is 38.3 Å². The number of hydrogen-bond donors (Lipinski definition) is 0. The number of carbonyl (C=O) groups excluding carboxylic acids is 2. The molecule has 124 valence electrons. The summed E-state index contributed by atoms with van der Waals surface area (Å²) < 4.78 is 0. The molecule has 0 bridgehead atoms. The van der Waals surface area contributed by atoms with Crippen LogP contribution in [-0.4, -0.2) is 11.6 Å². The van der Waals surface area contributed by atoms with Gasteiger partial charge in [0.25, 0.3) is 0 Å². The van der Waals surface area contributed by atoms with Crippen molar-refractivity contribution in [1.82, 2.24) is 0 Å². The van der Waals surface area contributed by atoms with E-state index in [1.165, 1.54) is 0 Å². The molecule has 0 heterocycles. The topological polar surface area (TPSA) is 34.1 Å². The molecule has 0 aliphatic heterocycles. The average molecular weight is 349 g/mol. The quantitative estimate of drug-likeness (QED) is 0.560. The molecule has 3 rings (SSSR count). The van der Waals surface area contributed by atoms with Crippen LogP contribution in [0.25, 0.3) is 0 Å². The predicted molar refractivity (Wildman–Crippen MR) is 100 cm³/mol. The van der Waals surface area contributed by atoms with E-state index < -0.39 is 0 Å². The fraction of sp³-hybridized carbons (Fsp3) is 0.0909. The van der Waals surface area contributed by atoms with E-state index in [0.717, 1.165) is 5.56 Å². The molecule has 0 aromatic heterocycles. The zero-order valence-corrected chi connectivity index (χ0v) is 14.4. The summed E-state index contributed by atoms with van der Waals surface area (Å²) in [5.74, 6) is 0.0884. The van der Waals surface area contributed by atoms with Crippen molar-refractivity contribution in [2.24, 2.45) is 0 Å². The lowest BCUT2D eigenvalue weighted by molar-refractivity contribution is 0.0981. The van der Waals surface area contributed by atoms with Crippen molar-refractivity contribution in [2.45, 2.75) is 12.8 Å². The van der Waals surface area contributed by atoms with Gasteiger partial charge in [0.1, 0.15) is 0 Å². The molecule has 0 aliphatic carbocycles. The molecular formula is C22H17ClO2. The zero-order valence-electron chi connectivity index (χ0n) is 13.6. The molecule has 0 radical (unpaired) electrons. The normalized spacial score (nSPS) is 10.4. The van der Waals surface area contributed by atoms with Gasteiger partial charge in [-0.3, -0.25) is 9.59 Å². The van der Waals surface area contributed by atoms with E-state index >= 15 is 0 Å². The first-order chi connectivity index (χ1) is 12.1. The highest BCUT2D eigenvalue weighted by Gasteiger charge is 2.09. The third kappa shape index (κ3) is 4.43. The first-order valence-corrected chi connectivity index (χ1v) is 8.49. The van der Waals surface area contributed by atoms with Gasteiger partial charge in [0.2, 0.25) is 0 Å². The summed E-state index contributed by atoms with van der Waals surface area (Å²) in [7, 11) is 0. The Labute approximate surface area is 152 Å². The zero-order chi connectivity index (χ0) is 17.6. The summed E-state index contributed by atoms with van der Waals surface area (Å²) in [5.41, 5.74) is 3.03. The highest BCUT2D eigenvalue weighted by Crippen LogP contribution is 2.15. The van der Waals surface area contributed by atoms with Crippen molar-refractivity contribution in [3.63, 3.8) is 0 Å². The summed E-state index contributed by atoms with van der Waals surface area (Å²) in [5, 5.41) is 0.621. The molecule has 3 aromatic carbocycles. The monoisotopic (exact) mass is 348 g/mol. The second kappa shape index (κ2) is 7.91. The molecule has 3 aromatic rings. The Hall–Kier alpha value is -2.71. The second-order valence-corrected chi connectivity index (χ2v) is 6.26. The Balaban J connectivity index is 1.62. The van der Waals surface area contributed by atoms with E-state index in [1.54, 1.807) is 36.4 Å². The van der Waals surface area contributed by atoms with Crippen molar-refractivity contribution in [2.75, 3.05) is 0 Å². The van der Waals surface area contributed by atoms with Crippen LogP contribution in [0.3, 0.4) is 0 Å². The van der Waals surface area contributed by atoms with Crippen LogP contribution in [0, 0.1) is 0 Å². The third-order valence-corrected chi connectivity index (χ3v) is 4.31. The summed E-state index contributed by atoms with van der Waals surface area (Å²) in [4.78, 5) is 24.6. The van der Waals surface area contributed by atoms with Crippen molar-refractivity contribution in [3.8, 4) is 0 Å². The number of ketones is 2. The molecule has 0 N–H and O–H groups in total. The molecule has 0 fully saturated rings. The number of halogens is 1. The molecule has 3 heteroatoms. The van der Waals surface area contributed by atoms with Gasteiger partial charge in [-0.25, -0.2) is 0 Å². The summed E-state index contributed by atoms with van der Waals surface area (Å²) >= 11 is 5.84. The number of hydrogen-bond acceptors (Lipinski definition) is 2. The maximum atomic E-state index is 12.4. The lowest BCUT2D eigenvalue weighted by Crippen LogP contribution is -2.03. The SMILES string of the molecule is O=C(CCc1ccc(C(=O)c2ccccc2)cc1)c1ccc(Cl)cc1. The van der Waals surface area contributed by atoms with Gasteiger partial charge < -0.3 is 0 Å². The largest absolute Gasteiger partial charge is 0.294 e. The van der Waals surface area contributed by atoms with E-state index in [0.29, 0.717) is 34.6 Å². The minimum Gasteiger partial charge on any atom is -0.294 e. The van der Waals surface area contributed by atoms with Crippen molar-refractivity contribution >= 4 is 23.2 Å². The standard InChI is InChI=1S/C22H17ClO2/c23-20-13-11-17(12-14-20)21(24)15-8-16-6-9-19(10-7-16)22(25)18-4-2-1-3-5-18/h1-7,9-14H,8,15H2. The second-order valence-electron chi connectivity index (χ2n) is 5.82. The van der Waals surface area contributed by atoms with Gasteiger partial charge in [-0.2, -0.15) is 0 Å². The van der Waals surface area contributed by atoms with Crippen LogP contribution in [0.5, 0.6) is 0 Å². The average Bonchev–Trinajstić information content (AvgIpc) is 2.67. The van der Waals surface area contributed by atoms with E-state index in [2.05, 4.69) is 0 Å². The number of rotatable bonds is 6. The molecule has 0 unspecified atom stereocenters. The Morgan fingerprint density at radius 1 is 0.680 bits per heavy atom. The molecule has 0 aliphatic rings. The van der Waals surface area contributed by atoms with Gasteiger partial charge in [0.05, 0.1) is 0 Å². The highest BCUT2D eigenvalue weighted by molar-refractivity contribution is 6.30. The van der Waals surface area contributed by atoms with Crippen LogP contribution in [0.2, 0.25) is 5.02 Å². The van der Waals surface area contributed by atoms with Crippen LogP contribution in [0.4, 0.5) is 0 Å². The van der Waals surface area contributed by atoms with Gasteiger partial charge in [-0.15, -0.1) is 0 Å². The molecule has 0 saturated carbocycles. The van der Waals surface area contributed by atoms with Gasteiger partial charge in [-0.05, 0) is 36.2 Å². The lowest BCUT2D eigenvalue weighted by Gasteiger charge is -2.05. The van der Waals surface area contributed by atoms with Crippen LogP contribution in [0.15, 0.2) is 78.9 Å². The summed E-state index contributed by atoms with van der Waals surface area (Å²) in [6.07, 6.45) is 1.06. The fourth-order valence-corrected chi connectivity index (χ4v) is 2.74. The molecule has 25 heavy (non-hydrogen) atoms. The number of benzene rings is 3. The van der Waals surface area contributed by atoms with Crippen LogP contribution in [-0.2, 0) is 6.42 Å². The van der Waals surface area contributed by atoms with Crippen molar-refractivity contribution < 1.29 is 9.59 Å². The fourth-order valence-electron chi connectivity index (χ4n) is 2.62. The minimum atomic E-state index is 0.00407. The molecule has 2 nitrogen and oxygen atoms in total. The summed E-state index contributed by atoms with van der Waals surface area (Å²) in [6, 6.07) is 23.6. The van der Waals surface area contributed by atoms with Crippen LogP contribution < -0.4 is 0 Å². The minimum absolute atomic E-state index is 0.00407. The third-order valence-electron chi connectivity index (χ3n) is 4.06. The van der Waals surface area contributed by atoms with E-state index in [-0.39, 0.29) is 11.6 Å². The smallest absolute Gasteiger partial charge is 0.193 e. The molecule has 0 amide bonds. The van der Waals surface area contributed by atoms with E-state index in [4.69, 9.17) is 11.6 Å². The Morgan fingerprint density at radius 3 is 1.88 bits per heavy atom. The Morgan fingerprint density at radius 2 is 1.24 bits per heavy atom. The predicted octanol–water partition coefficient (Wildman–Crippen LogP) is 5.39. The maximum absolute atomic E-state index is 12.4. The maximum Gasteiger partial charge on any atom is 0.193 e. The first-order valence-electron chi connectivity index (χ1n) is 8.11. The molecule has 0 atom stereocenters. The molecular weight excluding hydrogens is 332 g/mol. The van der Waals surface area contributed by atoms with Crippen LogP contribution >= 0.6 is 11.6 Å². The lowest BCUT2D eigenvalue weighted by atomic mass is 9.99. The summed E-state index contributed by atoms with van der Waals surface area (Å²) in [6.45, 7) is 0. The van der Waals surface area contributed by atoms with E-state index in [9.17, 15) is 9.59 Å². The Kier molecular flexibility index (Phi) is 5.42. The van der Waals surface area contributed by atoms with E-state index in [1.807, 2.05) is 42.5 Å². The molecule has 0 saturated heterocycles. The number of Topliss-reactive ketones (excluding diaryl/α,β-unsaturated/α-hetero) is 1. The van der Waals surface area contributed by atoms with Crippen molar-refractivity contribution in [1.29, 1.82) is 0 Å². The van der Waals surface area contributed by atoms with Gasteiger partial charge >= 0.3 is 0 Å². The van der Waals surface area contributed by atoms with Gasteiger partial charge in [-0.1, -0.05) is 66.2 Å².